The van der Waals surface area contributed by atoms with Crippen molar-refractivity contribution in [3.8, 4) is 17.2 Å². The maximum atomic E-state index is 12.5. The van der Waals surface area contributed by atoms with Crippen LogP contribution in [0.2, 0.25) is 0 Å². The van der Waals surface area contributed by atoms with E-state index in [-0.39, 0.29) is 23.8 Å². The van der Waals surface area contributed by atoms with Gasteiger partial charge in [0.1, 0.15) is 23.1 Å². The van der Waals surface area contributed by atoms with Crippen molar-refractivity contribution in [1.82, 2.24) is 14.8 Å². The van der Waals surface area contributed by atoms with Crippen molar-refractivity contribution in [1.29, 1.82) is 0 Å². The Hall–Kier alpha value is -3.83. The highest BCUT2D eigenvalue weighted by Crippen LogP contribution is 2.26. The third-order valence-corrected chi connectivity index (χ3v) is 6.42. The van der Waals surface area contributed by atoms with Gasteiger partial charge in [0.05, 0.1) is 18.4 Å². The number of primary amides is 1. The smallest absolute Gasteiger partial charge is 0.251 e. The number of amides is 2. The van der Waals surface area contributed by atoms with E-state index in [2.05, 4.69) is 15.5 Å². The van der Waals surface area contributed by atoms with Crippen LogP contribution in [0.25, 0.3) is 5.69 Å². The third-order valence-electron chi connectivity index (χ3n) is 4.66. The molecule has 0 saturated heterocycles. The molecule has 0 spiro atoms. The molecule has 0 saturated carbocycles. The number of hydrogen-bond donors (Lipinski definition) is 2. The van der Waals surface area contributed by atoms with E-state index in [1.165, 1.54) is 23.1 Å². The number of ether oxygens (including phenoxy) is 2. The zero-order valence-corrected chi connectivity index (χ0v) is 19.8. The average Bonchev–Trinajstić information content (AvgIpc) is 3.49. The number of nitrogens with one attached hydrogen (secondary N) is 1. The number of methoxy groups -OCH3 is 1. The van der Waals surface area contributed by atoms with Crippen molar-refractivity contribution in [2.75, 3.05) is 18.2 Å². The lowest BCUT2D eigenvalue weighted by molar-refractivity contribution is -0.113. The zero-order valence-electron chi connectivity index (χ0n) is 18.1. The summed E-state index contributed by atoms with van der Waals surface area (Å²) in [5.41, 5.74) is 6.47. The van der Waals surface area contributed by atoms with Crippen molar-refractivity contribution < 1.29 is 19.1 Å². The van der Waals surface area contributed by atoms with Crippen molar-refractivity contribution in [2.45, 2.75) is 11.8 Å². The Morgan fingerprint density at radius 1 is 1.06 bits per heavy atom. The second kappa shape index (κ2) is 10.9. The van der Waals surface area contributed by atoms with Crippen LogP contribution >= 0.6 is 23.1 Å². The highest BCUT2D eigenvalue weighted by molar-refractivity contribution is 7.99. The van der Waals surface area contributed by atoms with Crippen molar-refractivity contribution in [3.63, 3.8) is 0 Å². The van der Waals surface area contributed by atoms with Gasteiger partial charge in [-0.1, -0.05) is 30.0 Å². The van der Waals surface area contributed by atoms with E-state index in [9.17, 15) is 9.59 Å². The van der Waals surface area contributed by atoms with Crippen LogP contribution in [0.3, 0.4) is 0 Å². The molecule has 2 heterocycles. The van der Waals surface area contributed by atoms with Crippen molar-refractivity contribution >= 4 is 39.9 Å². The summed E-state index contributed by atoms with van der Waals surface area (Å²) in [7, 11) is 1.61. The van der Waals surface area contributed by atoms with Crippen LogP contribution in [-0.4, -0.2) is 39.4 Å². The molecule has 0 bridgehead atoms. The average molecular weight is 496 g/mol. The molecular weight excluding hydrogens is 474 g/mol. The van der Waals surface area contributed by atoms with Gasteiger partial charge in [-0.3, -0.25) is 14.2 Å². The first kappa shape index (κ1) is 23.3. The van der Waals surface area contributed by atoms with E-state index in [1.807, 2.05) is 59.2 Å². The summed E-state index contributed by atoms with van der Waals surface area (Å²) in [6.07, 6.45) is 0. The normalized spacial score (nSPS) is 10.6. The highest BCUT2D eigenvalue weighted by Gasteiger charge is 2.18. The maximum absolute atomic E-state index is 12.5. The van der Waals surface area contributed by atoms with Crippen LogP contribution in [0.5, 0.6) is 11.5 Å². The zero-order chi connectivity index (χ0) is 23.9. The van der Waals surface area contributed by atoms with Crippen molar-refractivity contribution in [3.05, 3.63) is 77.4 Å². The second-order valence-electron chi connectivity index (χ2n) is 6.90. The number of aromatic nitrogens is 3. The Morgan fingerprint density at radius 3 is 2.50 bits per heavy atom. The van der Waals surface area contributed by atoms with Crippen LogP contribution < -0.4 is 20.5 Å². The standard InChI is InChI=1S/C23H21N5O4S2/c1-31-16-7-9-17(10-8-16)32-13-19-26-27-23(28(19)15-5-3-2-4-6-15)34-14-20(29)25-22-18(21(24)30)11-12-33-22/h2-12H,13-14H2,1H3,(H2,24,30)(H,25,29). The number of nitrogens with two attached hydrogens (primary N) is 1. The van der Waals surface area contributed by atoms with Gasteiger partial charge in [-0.25, -0.2) is 0 Å². The summed E-state index contributed by atoms with van der Waals surface area (Å²) in [4.78, 5) is 24.0. The number of anilines is 1. The van der Waals surface area contributed by atoms with Gasteiger partial charge in [-0.05, 0) is 47.8 Å². The summed E-state index contributed by atoms with van der Waals surface area (Å²) >= 11 is 2.47. The monoisotopic (exact) mass is 495 g/mol. The predicted octanol–water partition coefficient (Wildman–Crippen LogP) is 3.75. The van der Waals surface area contributed by atoms with E-state index in [4.69, 9.17) is 15.2 Å². The molecule has 34 heavy (non-hydrogen) atoms. The van der Waals surface area contributed by atoms with E-state index in [1.54, 1.807) is 18.6 Å². The Labute approximate surface area is 203 Å². The Balaban J connectivity index is 1.48. The first-order valence-corrected chi connectivity index (χ1v) is 12.0. The van der Waals surface area contributed by atoms with Gasteiger partial charge in [0.25, 0.3) is 5.91 Å². The molecule has 2 aromatic heterocycles. The molecule has 0 fully saturated rings. The number of thioether (sulfide) groups is 1. The van der Waals surface area contributed by atoms with E-state index >= 15 is 0 Å². The molecule has 0 aliphatic heterocycles. The Morgan fingerprint density at radius 2 is 1.79 bits per heavy atom. The van der Waals surface area contributed by atoms with Crippen LogP contribution in [0.1, 0.15) is 16.2 Å². The van der Waals surface area contributed by atoms with Gasteiger partial charge in [-0.2, -0.15) is 0 Å². The summed E-state index contributed by atoms with van der Waals surface area (Å²) in [6, 6.07) is 18.4. The number of nitrogens with zero attached hydrogens (tertiary/aromatic N) is 3. The van der Waals surface area contributed by atoms with Gasteiger partial charge in [0, 0.05) is 5.69 Å². The lowest BCUT2D eigenvalue weighted by atomic mass is 10.3. The first-order chi connectivity index (χ1) is 16.5. The predicted molar refractivity (Wildman–Crippen MR) is 131 cm³/mol. The number of para-hydroxylation sites is 1. The number of thiophene rings is 1. The Kier molecular flexibility index (Phi) is 7.45. The molecule has 0 radical (unpaired) electrons. The molecule has 11 heteroatoms. The summed E-state index contributed by atoms with van der Waals surface area (Å²) < 4.78 is 12.9. The van der Waals surface area contributed by atoms with Gasteiger partial charge in [0.2, 0.25) is 5.91 Å². The molecule has 2 amide bonds. The fourth-order valence-corrected chi connectivity index (χ4v) is 4.62. The molecule has 174 valence electrons. The summed E-state index contributed by atoms with van der Waals surface area (Å²) in [5, 5.41) is 13.9. The molecular formula is C23H21N5O4S2. The first-order valence-electron chi connectivity index (χ1n) is 10.1. The molecule has 0 unspecified atom stereocenters. The molecule has 4 rings (SSSR count). The molecule has 0 atom stereocenters. The minimum absolute atomic E-state index is 0.0698. The summed E-state index contributed by atoms with van der Waals surface area (Å²) in [5.74, 6) is 1.18. The molecule has 0 aliphatic rings. The molecule has 4 aromatic rings. The largest absolute Gasteiger partial charge is 0.497 e. The minimum atomic E-state index is -0.588. The number of hydrogen-bond acceptors (Lipinski definition) is 8. The Bertz CT molecular complexity index is 1270. The number of rotatable bonds is 10. The number of benzene rings is 2. The number of carbonyl (C=O) groups is 2. The van der Waals surface area contributed by atoms with Crippen LogP contribution in [0.15, 0.2) is 71.2 Å². The quantitative estimate of drug-likeness (QED) is 0.321. The lowest BCUT2D eigenvalue weighted by Gasteiger charge is -2.11. The minimum Gasteiger partial charge on any atom is -0.497 e. The number of carbonyl (C=O) groups excluding carboxylic acids is 2. The molecule has 2 aromatic carbocycles. The van der Waals surface area contributed by atoms with Gasteiger partial charge >= 0.3 is 0 Å². The second-order valence-corrected chi connectivity index (χ2v) is 8.76. The van der Waals surface area contributed by atoms with Gasteiger partial charge in [0.15, 0.2) is 11.0 Å². The fourth-order valence-electron chi connectivity index (χ4n) is 3.04. The maximum Gasteiger partial charge on any atom is 0.251 e. The lowest BCUT2D eigenvalue weighted by Crippen LogP contribution is -2.18. The molecule has 3 N–H and O–H groups in total. The SMILES string of the molecule is COc1ccc(OCc2nnc(SCC(=O)Nc3sccc3C(N)=O)n2-c2ccccc2)cc1. The third kappa shape index (κ3) is 5.56. The molecule has 9 nitrogen and oxygen atoms in total. The van der Waals surface area contributed by atoms with Crippen LogP contribution in [0.4, 0.5) is 5.00 Å². The fraction of sp³-hybridized carbons (Fsp3) is 0.130. The summed E-state index contributed by atoms with van der Waals surface area (Å²) in [6.45, 7) is 0.179. The topological polar surface area (TPSA) is 121 Å². The van der Waals surface area contributed by atoms with E-state index in [0.717, 1.165) is 11.4 Å². The van der Waals surface area contributed by atoms with Gasteiger partial charge in [-0.15, -0.1) is 21.5 Å². The highest BCUT2D eigenvalue weighted by atomic mass is 32.2. The molecule has 0 aliphatic carbocycles. The van der Waals surface area contributed by atoms with Crippen molar-refractivity contribution in [2.24, 2.45) is 5.73 Å². The van der Waals surface area contributed by atoms with E-state index in [0.29, 0.717) is 21.7 Å². The van der Waals surface area contributed by atoms with Gasteiger partial charge < -0.3 is 20.5 Å². The van der Waals surface area contributed by atoms with E-state index < -0.39 is 5.91 Å². The van der Waals surface area contributed by atoms with Crippen LogP contribution in [-0.2, 0) is 11.4 Å². The van der Waals surface area contributed by atoms with Crippen LogP contribution in [0, 0.1) is 0 Å².